The van der Waals surface area contributed by atoms with E-state index >= 15 is 0 Å². The highest BCUT2D eigenvalue weighted by molar-refractivity contribution is 5.63. The molecular weight excluding hydrogens is 279 g/mol. The Morgan fingerprint density at radius 1 is 1.33 bits per heavy atom. The third kappa shape index (κ3) is 2.45. The quantitative estimate of drug-likeness (QED) is 0.670. The number of nitro groups is 1. The highest BCUT2D eigenvalue weighted by Crippen LogP contribution is 2.38. The monoisotopic (exact) mass is 290 g/mol. The Kier molecular flexibility index (Phi) is 3.09. The molecule has 2 N–H and O–H groups in total. The minimum Gasteiger partial charge on any atom is -0.508 e. The number of nitrogens with zero attached hydrogens (tertiary/aromatic N) is 1. The lowest BCUT2D eigenvalue weighted by Gasteiger charge is -2.13. The molecule has 7 heteroatoms. The molecule has 0 saturated carbocycles. The van der Waals surface area contributed by atoms with Crippen LogP contribution < -0.4 is 10.1 Å². The van der Waals surface area contributed by atoms with Crippen molar-refractivity contribution in [3.05, 3.63) is 57.9 Å². The van der Waals surface area contributed by atoms with Crippen LogP contribution in [-0.2, 0) is 0 Å². The molecule has 0 radical (unpaired) electrons. The van der Waals surface area contributed by atoms with Crippen LogP contribution in [0.15, 0.2) is 36.4 Å². The van der Waals surface area contributed by atoms with Crippen LogP contribution in [-0.4, -0.2) is 16.6 Å². The Morgan fingerprint density at radius 3 is 2.90 bits per heavy atom. The second kappa shape index (κ2) is 4.93. The van der Waals surface area contributed by atoms with Gasteiger partial charge in [0, 0.05) is 11.6 Å². The summed E-state index contributed by atoms with van der Waals surface area (Å²) >= 11 is 0. The molecule has 0 saturated heterocycles. The van der Waals surface area contributed by atoms with Gasteiger partial charge in [0.2, 0.25) is 0 Å². The fourth-order valence-corrected chi connectivity index (χ4v) is 2.28. The summed E-state index contributed by atoms with van der Waals surface area (Å²) in [6, 6.07) is 7.73. The zero-order valence-corrected chi connectivity index (χ0v) is 10.7. The van der Waals surface area contributed by atoms with E-state index in [0.29, 0.717) is 5.75 Å². The Bertz CT molecular complexity index is 720. The summed E-state index contributed by atoms with van der Waals surface area (Å²) in [5.74, 6) is -0.0559. The number of fused-ring (bicyclic) bond motifs is 1. The zero-order chi connectivity index (χ0) is 15.0. The van der Waals surface area contributed by atoms with Crippen molar-refractivity contribution in [2.45, 2.75) is 6.04 Å². The van der Waals surface area contributed by atoms with Gasteiger partial charge in [0.1, 0.15) is 29.6 Å². The predicted octanol–water partition coefficient (Wildman–Crippen LogP) is 2.99. The number of rotatable bonds is 3. The normalized spacial score (nSPS) is 16.1. The number of phenolic OH excluding ortho intramolecular Hbond substituents is 1. The van der Waals surface area contributed by atoms with Crippen molar-refractivity contribution in [1.29, 1.82) is 0 Å². The number of phenols is 1. The zero-order valence-electron chi connectivity index (χ0n) is 10.7. The van der Waals surface area contributed by atoms with Gasteiger partial charge in [-0.2, -0.15) is 0 Å². The van der Waals surface area contributed by atoms with Gasteiger partial charge in [-0.05, 0) is 24.3 Å². The summed E-state index contributed by atoms with van der Waals surface area (Å²) in [5, 5.41) is 23.3. The first-order valence-electron chi connectivity index (χ1n) is 6.21. The van der Waals surface area contributed by atoms with E-state index in [1.807, 2.05) is 0 Å². The number of aromatic hydroxyl groups is 1. The summed E-state index contributed by atoms with van der Waals surface area (Å²) in [6.07, 6.45) is 0. The predicted molar refractivity (Wildman–Crippen MR) is 73.0 cm³/mol. The van der Waals surface area contributed by atoms with Gasteiger partial charge in [-0.1, -0.05) is 0 Å². The van der Waals surface area contributed by atoms with Gasteiger partial charge >= 0.3 is 0 Å². The number of benzene rings is 2. The maximum Gasteiger partial charge on any atom is 0.295 e. The molecule has 0 amide bonds. The molecule has 1 aliphatic rings. The van der Waals surface area contributed by atoms with Crippen LogP contribution in [0, 0.1) is 15.9 Å². The van der Waals surface area contributed by atoms with Crippen molar-refractivity contribution >= 4 is 11.4 Å². The second-order valence-corrected chi connectivity index (χ2v) is 4.65. The van der Waals surface area contributed by atoms with Crippen LogP contribution in [0.3, 0.4) is 0 Å². The van der Waals surface area contributed by atoms with Gasteiger partial charge in [-0.25, -0.2) is 4.39 Å². The number of nitrogens with one attached hydrogen (secondary N) is 1. The van der Waals surface area contributed by atoms with Crippen LogP contribution in [0.5, 0.6) is 11.5 Å². The molecule has 2 aromatic carbocycles. The van der Waals surface area contributed by atoms with E-state index in [9.17, 15) is 19.6 Å². The lowest BCUT2D eigenvalue weighted by molar-refractivity contribution is -0.384. The first-order valence-corrected chi connectivity index (χ1v) is 6.21. The lowest BCUT2D eigenvalue weighted by Crippen LogP contribution is -2.13. The largest absolute Gasteiger partial charge is 0.508 e. The smallest absolute Gasteiger partial charge is 0.295 e. The van der Waals surface area contributed by atoms with E-state index < -0.39 is 10.7 Å². The average molecular weight is 290 g/mol. The molecule has 108 valence electrons. The number of hydrogen-bond acceptors (Lipinski definition) is 5. The molecule has 21 heavy (non-hydrogen) atoms. The number of anilines is 1. The van der Waals surface area contributed by atoms with Gasteiger partial charge in [0.15, 0.2) is 0 Å². The first kappa shape index (κ1) is 13.2. The van der Waals surface area contributed by atoms with Crippen LogP contribution in [0.4, 0.5) is 15.8 Å². The van der Waals surface area contributed by atoms with Crippen molar-refractivity contribution < 1.29 is 19.2 Å². The Hall–Kier alpha value is -2.83. The number of halogens is 1. The molecule has 0 aliphatic carbocycles. The summed E-state index contributed by atoms with van der Waals surface area (Å²) in [6.45, 7) is 0.271. The Labute approximate surface area is 118 Å². The molecular formula is C14H11FN2O4. The van der Waals surface area contributed by atoms with Gasteiger partial charge in [0.05, 0.1) is 17.0 Å². The van der Waals surface area contributed by atoms with Crippen molar-refractivity contribution in [3.8, 4) is 11.5 Å². The van der Waals surface area contributed by atoms with Crippen molar-refractivity contribution in [2.75, 3.05) is 11.9 Å². The van der Waals surface area contributed by atoms with Gasteiger partial charge in [0.25, 0.3) is 5.69 Å². The highest BCUT2D eigenvalue weighted by atomic mass is 19.1. The van der Waals surface area contributed by atoms with Gasteiger partial charge in [-0.15, -0.1) is 0 Å². The second-order valence-electron chi connectivity index (χ2n) is 4.65. The summed E-state index contributed by atoms with van der Waals surface area (Å²) in [7, 11) is 0. The molecule has 0 fully saturated rings. The molecule has 1 heterocycles. The van der Waals surface area contributed by atoms with Gasteiger partial charge in [-0.3, -0.25) is 10.1 Å². The van der Waals surface area contributed by atoms with E-state index in [1.165, 1.54) is 18.2 Å². The SMILES string of the molecule is O=[N+]([O-])c1cc(F)ccc1NC1COc2cc(O)ccc21. The molecule has 0 bridgehead atoms. The van der Waals surface area contributed by atoms with E-state index in [2.05, 4.69) is 5.32 Å². The fraction of sp³-hybridized carbons (Fsp3) is 0.143. The fourth-order valence-electron chi connectivity index (χ4n) is 2.28. The molecule has 0 spiro atoms. The van der Waals surface area contributed by atoms with Crippen LogP contribution in [0.25, 0.3) is 0 Å². The van der Waals surface area contributed by atoms with E-state index in [-0.39, 0.29) is 29.8 Å². The van der Waals surface area contributed by atoms with Crippen molar-refractivity contribution in [3.63, 3.8) is 0 Å². The highest BCUT2D eigenvalue weighted by Gasteiger charge is 2.26. The van der Waals surface area contributed by atoms with Gasteiger partial charge < -0.3 is 15.2 Å². The summed E-state index contributed by atoms with van der Waals surface area (Å²) < 4.78 is 18.5. The van der Waals surface area contributed by atoms with Crippen LogP contribution in [0.2, 0.25) is 0 Å². The maximum absolute atomic E-state index is 13.1. The minimum atomic E-state index is -0.666. The number of ether oxygens (including phenoxy) is 1. The van der Waals surface area contributed by atoms with E-state index in [0.717, 1.165) is 17.7 Å². The number of nitro benzene ring substituents is 1. The van der Waals surface area contributed by atoms with Crippen LogP contribution in [0.1, 0.15) is 11.6 Å². The lowest BCUT2D eigenvalue weighted by atomic mass is 10.1. The Morgan fingerprint density at radius 2 is 2.14 bits per heavy atom. The van der Waals surface area contributed by atoms with Crippen molar-refractivity contribution in [1.82, 2.24) is 0 Å². The van der Waals surface area contributed by atoms with E-state index in [1.54, 1.807) is 6.07 Å². The first-order chi connectivity index (χ1) is 10.0. The third-order valence-electron chi connectivity index (χ3n) is 3.26. The number of hydrogen-bond donors (Lipinski definition) is 2. The summed E-state index contributed by atoms with van der Waals surface area (Å²) in [4.78, 5) is 10.3. The van der Waals surface area contributed by atoms with E-state index in [4.69, 9.17) is 4.74 Å². The molecule has 0 aromatic heterocycles. The molecule has 2 aromatic rings. The molecule has 1 aliphatic heterocycles. The van der Waals surface area contributed by atoms with Crippen molar-refractivity contribution in [2.24, 2.45) is 0 Å². The Balaban J connectivity index is 1.91. The molecule has 1 unspecified atom stereocenters. The topological polar surface area (TPSA) is 84.6 Å². The third-order valence-corrected chi connectivity index (χ3v) is 3.26. The summed E-state index contributed by atoms with van der Waals surface area (Å²) in [5.41, 5.74) is 0.671. The maximum atomic E-state index is 13.1. The molecule has 1 atom stereocenters. The van der Waals surface area contributed by atoms with Crippen LogP contribution >= 0.6 is 0 Å². The standard InChI is InChI=1S/C14H11FN2O4/c15-8-1-4-11(13(5-8)17(19)20)16-12-7-21-14-6-9(18)2-3-10(12)14/h1-6,12,16,18H,7H2. The molecule has 6 nitrogen and oxygen atoms in total. The minimum absolute atomic E-state index is 0.0853. The average Bonchev–Trinajstić information content (AvgIpc) is 2.82. The molecule has 3 rings (SSSR count).